The highest BCUT2D eigenvalue weighted by Crippen LogP contribution is 2.26. The largest absolute Gasteiger partial charge is 0.487 e. The quantitative estimate of drug-likeness (QED) is 0.442. The molecule has 162 valence electrons. The number of ether oxygens (including phenoxy) is 1. The fourth-order valence-corrected chi connectivity index (χ4v) is 4.94. The summed E-state index contributed by atoms with van der Waals surface area (Å²) in [4.78, 5) is 20.2. The van der Waals surface area contributed by atoms with E-state index in [2.05, 4.69) is 10.4 Å². The van der Waals surface area contributed by atoms with Crippen LogP contribution < -0.4 is 4.74 Å². The molecule has 4 nitrogen and oxygen atoms in total. The van der Waals surface area contributed by atoms with Crippen LogP contribution in [0, 0.1) is 18.6 Å². The molecule has 0 aliphatic carbocycles. The van der Waals surface area contributed by atoms with E-state index in [1.54, 1.807) is 28.0 Å². The highest BCUT2D eigenvalue weighted by atomic mass is 32.2. The minimum absolute atomic E-state index is 0.0157. The van der Waals surface area contributed by atoms with Gasteiger partial charge in [0.1, 0.15) is 11.9 Å². The Labute approximate surface area is 188 Å². The lowest BCUT2D eigenvalue weighted by Gasteiger charge is -2.32. The zero-order valence-electron chi connectivity index (χ0n) is 17.0. The second-order valence-corrected chi connectivity index (χ2v) is 9.47. The van der Waals surface area contributed by atoms with Gasteiger partial charge in [0, 0.05) is 53.6 Å². The zero-order valence-corrected chi connectivity index (χ0v) is 18.6. The molecule has 2 heterocycles. The number of aromatic nitrogens is 1. The lowest BCUT2D eigenvalue weighted by molar-refractivity contribution is 0.0588. The van der Waals surface area contributed by atoms with Crippen LogP contribution in [-0.2, 0) is 5.75 Å². The van der Waals surface area contributed by atoms with Crippen molar-refractivity contribution >= 4 is 29.0 Å². The van der Waals surface area contributed by atoms with Gasteiger partial charge in [0.25, 0.3) is 5.91 Å². The summed E-state index contributed by atoms with van der Waals surface area (Å²) in [5, 5.41) is 3.13. The number of carbonyl (C=O) groups is 1. The Bertz CT molecular complexity index is 1050. The molecule has 1 aliphatic heterocycles. The van der Waals surface area contributed by atoms with Crippen LogP contribution in [0.5, 0.6) is 5.75 Å². The molecule has 0 atom stereocenters. The average Bonchev–Trinajstić information content (AvgIpc) is 3.20. The normalized spacial score (nSPS) is 14.6. The summed E-state index contributed by atoms with van der Waals surface area (Å²) < 4.78 is 32.5. The molecule has 0 radical (unpaired) electrons. The van der Waals surface area contributed by atoms with E-state index in [9.17, 15) is 13.6 Å². The van der Waals surface area contributed by atoms with Crippen LogP contribution in [0.25, 0.3) is 0 Å². The predicted octanol–water partition coefficient (Wildman–Crippen LogP) is 5.71. The van der Waals surface area contributed by atoms with Gasteiger partial charge in [0.2, 0.25) is 0 Å². The van der Waals surface area contributed by atoms with Gasteiger partial charge in [0.05, 0.1) is 10.7 Å². The van der Waals surface area contributed by atoms with Crippen molar-refractivity contribution < 1.29 is 18.3 Å². The number of rotatable bonds is 6. The van der Waals surface area contributed by atoms with Crippen molar-refractivity contribution in [3.8, 4) is 5.75 Å². The van der Waals surface area contributed by atoms with Crippen LogP contribution in [-0.4, -0.2) is 35.0 Å². The number of halogens is 2. The van der Waals surface area contributed by atoms with E-state index in [4.69, 9.17) is 4.74 Å². The Hall–Kier alpha value is -2.45. The molecule has 1 aliphatic rings. The van der Waals surface area contributed by atoms with E-state index in [-0.39, 0.29) is 17.8 Å². The Morgan fingerprint density at radius 2 is 1.94 bits per heavy atom. The first kappa shape index (κ1) is 21.8. The van der Waals surface area contributed by atoms with Crippen LogP contribution in [0.15, 0.2) is 52.7 Å². The molecule has 2 aromatic carbocycles. The van der Waals surface area contributed by atoms with E-state index in [1.165, 1.54) is 12.1 Å². The van der Waals surface area contributed by atoms with Crippen LogP contribution in [0.2, 0.25) is 0 Å². The summed E-state index contributed by atoms with van der Waals surface area (Å²) in [6.07, 6.45) is 1.00. The van der Waals surface area contributed by atoms with Crippen molar-refractivity contribution in [2.75, 3.05) is 13.1 Å². The third kappa shape index (κ3) is 5.62. The minimum Gasteiger partial charge on any atom is -0.487 e. The predicted molar refractivity (Wildman–Crippen MR) is 119 cm³/mol. The van der Waals surface area contributed by atoms with Crippen molar-refractivity contribution in [2.45, 2.75) is 36.5 Å². The van der Waals surface area contributed by atoms with Gasteiger partial charge in [-0.2, -0.15) is 0 Å². The van der Waals surface area contributed by atoms with Crippen molar-refractivity contribution in [1.29, 1.82) is 0 Å². The monoisotopic (exact) mass is 460 g/mol. The molecule has 31 heavy (non-hydrogen) atoms. The number of thioether (sulfide) groups is 1. The molecule has 1 saturated heterocycles. The lowest BCUT2D eigenvalue weighted by atomic mass is 10.1. The van der Waals surface area contributed by atoms with E-state index in [1.807, 2.05) is 31.2 Å². The van der Waals surface area contributed by atoms with Crippen LogP contribution >= 0.6 is 23.1 Å². The number of amides is 1. The molecule has 1 amide bonds. The second kappa shape index (κ2) is 9.78. The third-order valence-electron chi connectivity index (χ3n) is 5.07. The fourth-order valence-electron chi connectivity index (χ4n) is 3.44. The van der Waals surface area contributed by atoms with Gasteiger partial charge >= 0.3 is 0 Å². The number of likely N-dealkylation sites (tertiary alicyclic amines) is 1. The van der Waals surface area contributed by atoms with E-state index < -0.39 is 11.6 Å². The topological polar surface area (TPSA) is 42.4 Å². The summed E-state index contributed by atoms with van der Waals surface area (Å²) in [5.41, 5.74) is 1.72. The minimum atomic E-state index is -0.707. The number of nitrogens with zero attached hydrogens (tertiary/aromatic N) is 2. The molecule has 0 bridgehead atoms. The van der Waals surface area contributed by atoms with E-state index in [0.717, 1.165) is 27.4 Å². The summed E-state index contributed by atoms with van der Waals surface area (Å²) in [6, 6.07) is 10.9. The Morgan fingerprint density at radius 1 is 1.19 bits per heavy atom. The Balaban J connectivity index is 1.28. The number of benzene rings is 2. The van der Waals surface area contributed by atoms with Crippen LogP contribution in [0.1, 0.15) is 33.9 Å². The zero-order chi connectivity index (χ0) is 21.8. The fraction of sp³-hybridized carbons (Fsp3) is 0.304. The lowest BCUT2D eigenvalue weighted by Crippen LogP contribution is -2.41. The maximum Gasteiger partial charge on any atom is 0.253 e. The van der Waals surface area contributed by atoms with Crippen molar-refractivity contribution in [1.82, 2.24) is 9.88 Å². The number of piperidine rings is 1. The molecular weight excluding hydrogens is 438 g/mol. The smallest absolute Gasteiger partial charge is 0.253 e. The first-order valence-corrected chi connectivity index (χ1v) is 11.9. The third-order valence-corrected chi connectivity index (χ3v) is 6.94. The first-order chi connectivity index (χ1) is 15.0. The number of aryl methyl sites for hydroxylation is 1. The molecule has 8 heteroatoms. The number of thiazole rings is 1. The van der Waals surface area contributed by atoms with Gasteiger partial charge in [0.15, 0.2) is 11.6 Å². The molecule has 1 fully saturated rings. The van der Waals surface area contributed by atoms with Crippen molar-refractivity contribution in [3.63, 3.8) is 0 Å². The molecule has 0 N–H and O–H groups in total. The number of hydrogen-bond acceptors (Lipinski definition) is 5. The molecule has 3 aromatic rings. The highest BCUT2D eigenvalue weighted by molar-refractivity contribution is 7.98. The van der Waals surface area contributed by atoms with E-state index >= 15 is 0 Å². The van der Waals surface area contributed by atoms with Gasteiger partial charge in [-0.3, -0.25) is 4.79 Å². The van der Waals surface area contributed by atoms with Gasteiger partial charge in [-0.1, -0.05) is 0 Å². The van der Waals surface area contributed by atoms with Crippen LogP contribution in [0.3, 0.4) is 0 Å². The molecule has 0 spiro atoms. The SMILES string of the molecule is Cc1nc(CSc2ccc(C(=O)N3CCC(Oc4ccc(F)cc4F)CC3)cc2)cs1. The average molecular weight is 461 g/mol. The Kier molecular flexibility index (Phi) is 6.87. The molecule has 1 aromatic heterocycles. The maximum atomic E-state index is 13.8. The molecular formula is C23H22F2N2O2S2. The number of hydrogen-bond donors (Lipinski definition) is 0. The van der Waals surface area contributed by atoms with Crippen molar-refractivity contribution in [3.05, 3.63) is 75.7 Å². The molecule has 4 rings (SSSR count). The van der Waals surface area contributed by atoms with Gasteiger partial charge < -0.3 is 9.64 Å². The Morgan fingerprint density at radius 3 is 2.58 bits per heavy atom. The molecule has 0 unspecified atom stereocenters. The standard InChI is InChI=1S/C23H22F2N2O2S2/c1-15-26-18(13-30-15)14-31-20-5-2-16(3-6-20)23(28)27-10-8-19(9-11-27)29-22-7-4-17(24)12-21(22)25/h2-7,12-13,19H,8-11,14H2,1H3. The van der Waals surface area contributed by atoms with Gasteiger partial charge in [-0.25, -0.2) is 13.8 Å². The van der Waals surface area contributed by atoms with Gasteiger partial charge in [-0.05, 0) is 43.3 Å². The van der Waals surface area contributed by atoms with Crippen LogP contribution in [0.4, 0.5) is 8.78 Å². The highest BCUT2D eigenvalue weighted by Gasteiger charge is 2.25. The summed E-state index contributed by atoms with van der Waals surface area (Å²) in [6.45, 7) is 3.06. The second-order valence-electron chi connectivity index (χ2n) is 7.36. The van der Waals surface area contributed by atoms with Gasteiger partial charge in [-0.15, -0.1) is 23.1 Å². The molecule has 0 saturated carbocycles. The summed E-state index contributed by atoms with van der Waals surface area (Å²) in [5.74, 6) is -0.501. The maximum absolute atomic E-state index is 13.8. The summed E-state index contributed by atoms with van der Waals surface area (Å²) in [7, 11) is 0. The first-order valence-electron chi connectivity index (χ1n) is 10.0. The number of carbonyl (C=O) groups excluding carboxylic acids is 1. The summed E-state index contributed by atoms with van der Waals surface area (Å²) >= 11 is 3.34. The van der Waals surface area contributed by atoms with Crippen molar-refractivity contribution in [2.24, 2.45) is 0 Å². The van der Waals surface area contributed by atoms with E-state index in [0.29, 0.717) is 31.5 Å².